The summed E-state index contributed by atoms with van der Waals surface area (Å²) in [4.78, 5) is 11.8. The van der Waals surface area contributed by atoms with Gasteiger partial charge in [0.1, 0.15) is 5.76 Å². The molecule has 2 N–H and O–H groups in total. The van der Waals surface area contributed by atoms with E-state index < -0.39 is 5.91 Å². The highest BCUT2D eigenvalue weighted by Crippen LogP contribution is 2.27. The van der Waals surface area contributed by atoms with Gasteiger partial charge in [0, 0.05) is 11.4 Å². The molecule has 2 aromatic heterocycles. The van der Waals surface area contributed by atoms with Gasteiger partial charge in [-0.1, -0.05) is 44.0 Å². The van der Waals surface area contributed by atoms with E-state index >= 15 is 0 Å². The van der Waals surface area contributed by atoms with Gasteiger partial charge < -0.3 is 14.7 Å². The molecule has 0 radical (unpaired) electrons. The Morgan fingerprint density at radius 3 is 2.54 bits per heavy atom. The van der Waals surface area contributed by atoms with Crippen LogP contribution in [0.5, 0.6) is 0 Å². The van der Waals surface area contributed by atoms with E-state index in [0.29, 0.717) is 12.1 Å². The summed E-state index contributed by atoms with van der Waals surface area (Å²) in [5, 5.41) is 0. The Bertz CT molecular complexity index is 858. The fraction of sp³-hybridized carbons (Fsp3) is 0.318. The summed E-state index contributed by atoms with van der Waals surface area (Å²) in [5.41, 5.74) is 10.4. The number of nitrogens with zero attached hydrogens (tertiary/aromatic N) is 1. The fourth-order valence-electron chi connectivity index (χ4n) is 3.32. The van der Waals surface area contributed by atoms with Crippen LogP contribution in [0.1, 0.15) is 53.6 Å². The van der Waals surface area contributed by atoms with Gasteiger partial charge in [-0.3, -0.25) is 4.79 Å². The van der Waals surface area contributed by atoms with Crippen LogP contribution in [-0.4, -0.2) is 10.5 Å². The lowest BCUT2D eigenvalue weighted by atomic mass is 10.0. The highest BCUT2D eigenvalue weighted by atomic mass is 16.3. The Morgan fingerprint density at radius 1 is 1.15 bits per heavy atom. The van der Waals surface area contributed by atoms with E-state index in [2.05, 4.69) is 35.8 Å². The third-order valence-corrected chi connectivity index (χ3v) is 4.84. The van der Waals surface area contributed by atoms with Gasteiger partial charge in [-0.05, 0) is 49.1 Å². The molecule has 2 heterocycles. The van der Waals surface area contributed by atoms with E-state index in [0.717, 1.165) is 29.1 Å². The molecule has 0 atom stereocenters. The molecule has 0 fully saturated rings. The van der Waals surface area contributed by atoms with Crippen LogP contribution in [0.15, 0.2) is 53.1 Å². The number of hydrogen-bond acceptors (Lipinski definition) is 2. The van der Waals surface area contributed by atoms with Crippen LogP contribution in [0.4, 0.5) is 0 Å². The van der Waals surface area contributed by atoms with Crippen LogP contribution >= 0.6 is 0 Å². The Hall–Kier alpha value is -2.75. The average molecular weight is 350 g/mol. The SMILES string of the molecule is CCCCCc1ccc(-c2cc(C(N)=O)c(C)n2Cc2ccco2)cc1. The number of aromatic nitrogens is 1. The summed E-state index contributed by atoms with van der Waals surface area (Å²) in [5.74, 6) is 0.440. The third kappa shape index (κ3) is 3.90. The van der Waals surface area contributed by atoms with Crippen LogP contribution in [0.25, 0.3) is 11.3 Å². The molecule has 0 aliphatic heterocycles. The van der Waals surface area contributed by atoms with Crippen LogP contribution in [0, 0.1) is 6.92 Å². The molecule has 0 aliphatic rings. The maximum atomic E-state index is 11.8. The average Bonchev–Trinajstić information content (AvgIpc) is 3.25. The third-order valence-electron chi connectivity index (χ3n) is 4.84. The maximum absolute atomic E-state index is 11.8. The number of amides is 1. The summed E-state index contributed by atoms with van der Waals surface area (Å²) < 4.78 is 7.58. The van der Waals surface area contributed by atoms with Crippen molar-refractivity contribution in [1.29, 1.82) is 0 Å². The van der Waals surface area contributed by atoms with E-state index in [1.165, 1.54) is 24.8 Å². The molecule has 0 aliphatic carbocycles. The molecule has 0 spiro atoms. The highest BCUT2D eigenvalue weighted by molar-refractivity contribution is 5.95. The first-order valence-corrected chi connectivity index (χ1v) is 9.21. The van der Waals surface area contributed by atoms with E-state index in [9.17, 15) is 4.79 Å². The van der Waals surface area contributed by atoms with Crippen molar-refractivity contribution < 1.29 is 9.21 Å². The number of nitrogens with two attached hydrogens (primary N) is 1. The predicted molar refractivity (Wildman–Crippen MR) is 104 cm³/mol. The van der Waals surface area contributed by atoms with E-state index in [-0.39, 0.29) is 0 Å². The van der Waals surface area contributed by atoms with E-state index in [4.69, 9.17) is 10.2 Å². The second kappa shape index (κ2) is 8.09. The van der Waals surface area contributed by atoms with Gasteiger partial charge in [0.15, 0.2) is 0 Å². The number of primary amides is 1. The summed E-state index contributed by atoms with van der Waals surface area (Å²) in [6.07, 6.45) is 6.47. The molecule has 4 heteroatoms. The molecule has 26 heavy (non-hydrogen) atoms. The molecular weight excluding hydrogens is 324 g/mol. The van der Waals surface area contributed by atoms with E-state index in [1.54, 1.807) is 6.26 Å². The molecular formula is C22H26N2O2. The van der Waals surface area contributed by atoms with Gasteiger partial charge in [0.05, 0.1) is 18.4 Å². The standard InChI is InChI=1S/C22H26N2O2/c1-3-4-5-7-17-9-11-18(12-10-17)21-14-20(22(23)25)16(2)24(21)15-19-8-6-13-26-19/h6,8-14H,3-5,7,15H2,1-2H3,(H2,23,25). The molecule has 3 rings (SSSR count). The van der Waals surface area contributed by atoms with Crippen LogP contribution in [0.3, 0.4) is 0 Å². The summed E-state index contributed by atoms with van der Waals surface area (Å²) in [6.45, 7) is 4.71. The lowest BCUT2D eigenvalue weighted by molar-refractivity contribution is 0.0999. The summed E-state index contributed by atoms with van der Waals surface area (Å²) in [6, 6.07) is 14.3. The largest absolute Gasteiger partial charge is 0.467 e. The molecule has 3 aromatic rings. The minimum Gasteiger partial charge on any atom is -0.467 e. The van der Waals surface area contributed by atoms with Crippen molar-refractivity contribution >= 4 is 5.91 Å². The normalized spacial score (nSPS) is 11.0. The van der Waals surface area contributed by atoms with Crippen molar-refractivity contribution in [3.63, 3.8) is 0 Å². The number of aryl methyl sites for hydroxylation is 1. The molecule has 1 amide bonds. The number of rotatable bonds is 8. The van der Waals surface area contributed by atoms with Crippen LogP contribution < -0.4 is 5.73 Å². The van der Waals surface area contributed by atoms with Crippen LogP contribution in [-0.2, 0) is 13.0 Å². The molecule has 1 aromatic carbocycles. The summed E-state index contributed by atoms with van der Waals surface area (Å²) in [7, 11) is 0. The predicted octanol–water partition coefficient (Wildman–Crippen LogP) is 4.94. The van der Waals surface area contributed by atoms with Gasteiger partial charge in [0.2, 0.25) is 0 Å². The zero-order chi connectivity index (χ0) is 18.5. The quantitative estimate of drug-likeness (QED) is 0.585. The van der Waals surface area contributed by atoms with Gasteiger partial charge in [0.25, 0.3) is 5.91 Å². The fourth-order valence-corrected chi connectivity index (χ4v) is 3.32. The zero-order valence-electron chi connectivity index (χ0n) is 15.5. The van der Waals surface area contributed by atoms with Crippen LogP contribution in [0.2, 0.25) is 0 Å². The zero-order valence-corrected chi connectivity index (χ0v) is 15.5. The Balaban J connectivity index is 1.92. The lowest BCUT2D eigenvalue weighted by Gasteiger charge is -2.11. The number of carbonyl (C=O) groups is 1. The Kier molecular flexibility index (Phi) is 5.61. The minimum atomic E-state index is -0.405. The molecule has 0 saturated carbocycles. The number of furan rings is 1. The first kappa shape index (κ1) is 18.1. The molecule has 4 nitrogen and oxygen atoms in total. The molecule has 0 unspecified atom stereocenters. The molecule has 136 valence electrons. The number of hydrogen-bond donors (Lipinski definition) is 1. The highest BCUT2D eigenvalue weighted by Gasteiger charge is 2.17. The second-order valence-corrected chi connectivity index (χ2v) is 6.71. The van der Waals surface area contributed by atoms with E-state index in [1.807, 2.05) is 25.1 Å². The van der Waals surface area contributed by atoms with Gasteiger partial charge >= 0.3 is 0 Å². The number of unbranched alkanes of at least 4 members (excludes halogenated alkanes) is 2. The van der Waals surface area contributed by atoms with Gasteiger partial charge in [-0.2, -0.15) is 0 Å². The minimum absolute atomic E-state index is 0.405. The molecule has 0 saturated heterocycles. The van der Waals surface area contributed by atoms with Crippen molar-refractivity contribution in [2.75, 3.05) is 0 Å². The first-order valence-electron chi connectivity index (χ1n) is 9.21. The van der Waals surface area contributed by atoms with Crippen molar-refractivity contribution in [2.45, 2.75) is 46.1 Å². The molecule has 0 bridgehead atoms. The Morgan fingerprint density at radius 2 is 1.92 bits per heavy atom. The van der Waals surface area contributed by atoms with Crippen molar-refractivity contribution in [3.05, 3.63) is 71.3 Å². The number of benzene rings is 1. The Labute approximate surface area is 154 Å². The van der Waals surface area contributed by atoms with Gasteiger partial charge in [-0.15, -0.1) is 0 Å². The van der Waals surface area contributed by atoms with Crippen molar-refractivity contribution in [3.8, 4) is 11.3 Å². The van der Waals surface area contributed by atoms with Gasteiger partial charge in [-0.25, -0.2) is 0 Å². The van der Waals surface area contributed by atoms with Crippen molar-refractivity contribution in [1.82, 2.24) is 4.57 Å². The smallest absolute Gasteiger partial charge is 0.250 e. The second-order valence-electron chi connectivity index (χ2n) is 6.71. The van der Waals surface area contributed by atoms with Crippen molar-refractivity contribution in [2.24, 2.45) is 5.73 Å². The lowest BCUT2D eigenvalue weighted by Crippen LogP contribution is -2.12. The topological polar surface area (TPSA) is 61.2 Å². The maximum Gasteiger partial charge on any atom is 0.250 e. The first-order chi connectivity index (χ1) is 12.6. The summed E-state index contributed by atoms with van der Waals surface area (Å²) >= 11 is 0. The number of carbonyl (C=O) groups excluding carboxylic acids is 1. The monoisotopic (exact) mass is 350 g/mol.